The van der Waals surface area contributed by atoms with Crippen LogP contribution in [-0.4, -0.2) is 21.3 Å². The third-order valence-corrected chi connectivity index (χ3v) is 2.50. The first-order valence-corrected chi connectivity index (χ1v) is 5.99. The molecular formula is C13H16N4O. The summed E-state index contributed by atoms with van der Waals surface area (Å²) in [6.45, 7) is 3.36. The Morgan fingerprint density at radius 3 is 2.94 bits per heavy atom. The largest absolute Gasteiger partial charge is 0.384 e. The number of rotatable bonds is 5. The van der Waals surface area contributed by atoms with Crippen molar-refractivity contribution in [2.24, 2.45) is 0 Å². The van der Waals surface area contributed by atoms with Crippen LogP contribution in [0.15, 0.2) is 41.6 Å². The third kappa shape index (κ3) is 3.16. The highest BCUT2D eigenvalue weighted by Crippen LogP contribution is 2.01. The SMILES string of the molecule is CCCNc1cnn(Cc2cccnc2)c(=O)c1. The van der Waals surface area contributed by atoms with Gasteiger partial charge in [0, 0.05) is 25.0 Å². The lowest BCUT2D eigenvalue weighted by atomic mass is 10.3. The van der Waals surface area contributed by atoms with Gasteiger partial charge in [-0.2, -0.15) is 5.10 Å². The molecule has 0 unspecified atom stereocenters. The van der Waals surface area contributed by atoms with Crippen LogP contribution in [0.1, 0.15) is 18.9 Å². The Bertz CT molecular complexity index is 550. The van der Waals surface area contributed by atoms with Crippen molar-refractivity contribution in [2.45, 2.75) is 19.9 Å². The molecule has 0 aliphatic carbocycles. The lowest BCUT2D eigenvalue weighted by molar-refractivity contribution is 0.638. The van der Waals surface area contributed by atoms with E-state index in [0.29, 0.717) is 6.54 Å². The van der Waals surface area contributed by atoms with Gasteiger partial charge in [-0.25, -0.2) is 4.68 Å². The predicted octanol–water partition coefficient (Wildman–Crippen LogP) is 1.51. The van der Waals surface area contributed by atoms with Gasteiger partial charge in [0.2, 0.25) is 0 Å². The van der Waals surface area contributed by atoms with Crippen LogP contribution in [0.2, 0.25) is 0 Å². The molecule has 0 atom stereocenters. The first-order valence-electron chi connectivity index (χ1n) is 5.99. The van der Waals surface area contributed by atoms with Crippen LogP contribution < -0.4 is 10.9 Å². The van der Waals surface area contributed by atoms with Crippen LogP contribution in [0.25, 0.3) is 0 Å². The van der Waals surface area contributed by atoms with Crippen molar-refractivity contribution < 1.29 is 0 Å². The van der Waals surface area contributed by atoms with Gasteiger partial charge >= 0.3 is 0 Å². The Morgan fingerprint density at radius 1 is 1.39 bits per heavy atom. The number of anilines is 1. The van der Waals surface area contributed by atoms with Gasteiger partial charge in [-0.05, 0) is 18.1 Å². The summed E-state index contributed by atoms with van der Waals surface area (Å²) in [5, 5.41) is 7.28. The summed E-state index contributed by atoms with van der Waals surface area (Å²) in [6, 6.07) is 5.33. The summed E-state index contributed by atoms with van der Waals surface area (Å²) in [7, 11) is 0. The fraction of sp³-hybridized carbons (Fsp3) is 0.308. The molecule has 0 saturated heterocycles. The molecule has 0 saturated carbocycles. The molecular weight excluding hydrogens is 228 g/mol. The van der Waals surface area contributed by atoms with Crippen molar-refractivity contribution in [3.63, 3.8) is 0 Å². The van der Waals surface area contributed by atoms with E-state index in [1.54, 1.807) is 24.7 Å². The van der Waals surface area contributed by atoms with Crippen LogP contribution in [0.5, 0.6) is 0 Å². The highest BCUT2D eigenvalue weighted by atomic mass is 16.1. The Balaban J connectivity index is 2.13. The number of hydrogen-bond acceptors (Lipinski definition) is 4. The second kappa shape index (κ2) is 5.95. The van der Waals surface area contributed by atoms with E-state index in [0.717, 1.165) is 24.2 Å². The van der Waals surface area contributed by atoms with E-state index in [1.165, 1.54) is 4.68 Å². The Morgan fingerprint density at radius 2 is 2.28 bits per heavy atom. The lowest BCUT2D eigenvalue weighted by Crippen LogP contribution is -2.23. The molecule has 0 spiro atoms. The topological polar surface area (TPSA) is 59.8 Å². The monoisotopic (exact) mass is 244 g/mol. The van der Waals surface area contributed by atoms with E-state index in [4.69, 9.17) is 0 Å². The van der Waals surface area contributed by atoms with E-state index in [2.05, 4.69) is 22.3 Å². The minimum absolute atomic E-state index is 0.111. The van der Waals surface area contributed by atoms with Crippen molar-refractivity contribution in [3.8, 4) is 0 Å². The molecule has 0 amide bonds. The first kappa shape index (κ1) is 12.3. The molecule has 1 N–H and O–H groups in total. The van der Waals surface area contributed by atoms with Crippen molar-refractivity contribution in [3.05, 3.63) is 52.7 Å². The van der Waals surface area contributed by atoms with Crippen LogP contribution in [-0.2, 0) is 6.54 Å². The third-order valence-electron chi connectivity index (χ3n) is 2.50. The number of aromatic nitrogens is 3. The maximum atomic E-state index is 11.8. The van der Waals surface area contributed by atoms with Crippen LogP contribution >= 0.6 is 0 Å². The summed E-state index contributed by atoms with van der Waals surface area (Å²) in [6.07, 6.45) is 6.13. The van der Waals surface area contributed by atoms with Gasteiger partial charge in [0.05, 0.1) is 18.4 Å². The zero-order chi connectivity index (χ0) is 12.8. The number of nitrogens with one attached hydrogen (secondary N) is 1. The number of pyridine rings is 1. The molecule has 2 rings (SSSR count). The second-order valence-electron chi connectivity index (χ2n) is 4.03. The van der Waals surface area contributed by atoms with Crippen LogP contribution in [0.4, 0.5) is 5.69 Å². The molecule has 0 fully saturated rings. The van der Waals surface area contributed by atoms with E-state index in [9.17, 15) is 4.79 Å². The van der Waals surface area contributed by atoms with Gasteiger partial charge in [0.25, 0.3) is 5.56 Å². The first-order chi connectivity index (χ1) is 8.79. The van der Waals surface area contributed by atoms with Crippen LogP contribution in [0.3, 0.4) is 0 Å². The normalized spacial score (nSPS) is 10.3. The molecule has 5 heteroatoms. The summed E-state index contributed by atoms with van der Waals surface area (Å²) in [5.74, 6) is 0. The number of nitrogens with zero attached hydrogens (tertiary/aromatic N) is 3. The maximum absolute atomic E-state index is 11.8. The summed E-state index contributed by atoms with van der Waals surface area (Å²) >= 11 is 0. The van der Waals surface area contributed by atoms with E-state index in [-0.39, 0.29) is 5.56 Å². The Labute approximate surface area is 105 Å². The zero-order valence-electron chi connectivity index (χ0n) is 10.3. The second-order valence-corrected chi connectivity index (χ2v) is 4.03. The predicted molar refractivity (Wildman–Crippen MR) is 70.6 cm³/mol. The Hall–Kier alpha value is -2.17. The lowest BCUT2D eigenvalue weighted by Gasteiger charge is -2.07. The molecule has 0 aliphatic rings. The number of hydrogen-bond donors (Lipinski definition) is 1. The fourth-order valence-corrected chi connectivity index (χ4v) is 1.58. The maximum Gasteiger partial charge on any atom is 0.269 e. The average Bonchev–Trinajstić information content (AvgIpc) is 2.40. The smallest absolute Gasteiger partial charge is 0.269 e. The van der Waals surface area contributed by atoms with Crippen molar-refractivity contribution >= 4 is 5.69 Å². The minimum atomic E-state index is -0.111. The van der Waals surface area contributed by atoms with E-state index in [1.807, 2.05) is 12.1 Å². The molecule has 2 aromatic rings. The van der Waals surface area contributed by atoms with Crippen molar-refractivity contribution in [2.75, 3.05) is 11.9 Å². The fourth-order valence-electron chi connectivity index (χ4n) is 1.58. The molecule has 0 aromatic carbocycles. The van der Waals surface area contributed by atoms with Gasteiger partial charge in [-0.15, -0.1) is 0 Å². The van der Waals surface area contributed by atoms with E-state index < -0.39 is 0 Å². The Kier molecular flexibility index (Phi) is 4.06. The molecule has 2 heterocycles. The standard InChI is InChI=1S/C13H16N4O/c1-2-5-15-12-7-13(18)17(16-9-12)10-11-4-3-6-14-8-11/h3-4,6-9,15H,2,5,10H2,1H3. The zero-order valence-corrected chi connectivity index (χ0v) is 10.3. The molecule has 5 nitrogen and oxygen atoms in total. The van der Waals surface area contributed by atoms with Gasteiger partial charge in [-0.3, -0.25) is 9.78 Å². The van der Waals surface area contributed by atoms with E-state index >= 15 is 0 Å². The van der Waals surface area contributed by atoms with Crippen molar-refractivity contribution in [1.29, 1.82) is 0 Å². The molecule has 2 aromatic heterocycles. The molecule has 94 valence electrons. The molecule has 0 bridgehead atoms. The molecule has 0 radical (unpaired) electrons. The molecule has 18 heavy (non-hydrogen) atoms. The average molecular weight is 244 g/mol. The minimum Gasteiger partial charge on any atom is -0.384 e. The van der Waals surface area contributed by atoms with Gasteiger partial charge in [-0.1, -0.05) is 13.0 Å². The van der Waals surface area contributed by atoms with Gasteiger partial charge < -0.3 is 5.32 Å². The van der Waals surface area contributed by atoms with Crippen molar-refractivity contribution in [1.82, 2.24) is 14.8 Å². The van der Waals surface area contributed by atoms with Gasteiger partial charge in [0.15, 0.2) is 0 Å². The van der Waals surface area contributed by atoms with Gasteiger partial charge in [0.1, 0.15) is 0 Å². The summed E-state index contributed by atoms with van der Waals surface area (Å²) in [5.41, 5.74) is 1.62. The molecule has 0 aliphatic heterocycles. The highest BCUT2D eigenvalue weighted by Gasteiger charge is 2.01. The van der Waals surface area contributed by atoms with Crippen LogP contribution in [0, 0.1) is 0 Å². The summed E-state index contributed by atoms with van der Waals surface area (Å²) < 4.78 is 1.42. The highest BCUT2D eigenvalue weighted by molar-refractivity contribution is 5.38. The summed E-state index contributed by atoms with van der Waals surface area (Å²) in [4.78, 5) is 15.9. The quantitative estimate of drug-likeness (QED) is 0.866.